The van der Waals surface area contributed by atoms with Crippen LogP contribution in [0.4, 0.5) is 5.82 Å². The summed E-state index contributed by atoms with van der Waals surface area (Å²) in [5.74, 6) is -0.0208. The number of hydrogen-bond donors (Lipinski definition) is 3. The van der Waals surface area contributed by atoms with Crippen LogP contribution in [0.1, 0.15) is 5.37 Å². The number of imidazole rings is 1. The molecule has 2 unspecified atom stereocenters. The van der Waals surface area contributed by atoms with Gasteiger partial charge in [0.05, 0.1) is 35.6 Å². The largest absolute Gasteiger partial charge is 0.396 e. The van der Waals surface area contributed by atoms with E-state index in [1.807, 2.05) is 0 Å². The number of aliphatic hydroxyl groups excluding tert-OH is 2. The van der Waals surface area contributed by atoms with Gasteiger partial charge in [0.15, 0.2) is 11.5 Å². The van der Waals surface area contributed by atoms with Crippen molar-refractivity contribution in [2.24, 2.45) is 5.92 Å². The molecule has 9 heteroatoms. The van der Waals surface area contributed by atoms with E-state index in [9.17, 15) is 9.32 Å². The number of aliphatic hydroxyl groups is 2. The highest BCUT2D eigenvalue weighted by atomic mass is 32.2. The smallest absolute Gasteiger partial charge is 0.166 e. The maximum absolute atomic E-state index is 12.1. The second-order valence-electron chi connectivity index (χ2n) is 4.37. The van der Waals surface area contributed by atoms with Crippen molar-refractivity contribution in [3.05, 3.63) is 12.7 Å². The average molecular weight is 283 g/mol. The lowest BCUT2D eigenvalue weighted by molar-refractivity contribution is 0.151. The van der Waals surface area contributed by atoms with Gasteiger partial charge < -0.3 is 15.9 Å². The summed E-state index contributed by atoms with van der Waals surface area (Å²) in [4.78, 5) is 12.0. The second kappa shape index (κ2) is 4.51. The van der Waals surface area contributed by atoms with Gasteiger partial charge in [-0.3, -0.25) is 8.78 Å². The Hall–Kier alpha value is -1.58. The monoisotopic (exact) mass is 283 g/mol. The Labute approximate surface area is 110 Å². The first-order chi connectivity index (χ1) is 9.19. The number of nitrogens with two attached hydrogens (primary N) is 1. The van der Waals surface area contributed by atoms with E-state index < -0.39 is 21.4 Å². The zero-order valence-electron chi connectivity index (χ0n) is 9.88. The molecular weight excluding hydrogens is 270 g/mol. The first kappa shape index (κ1) is 12.5. The Morgan fingerprint density at radius 3 is 2.79 bits per heavy atom. The van der Waals surface area contributed by atoms with Crippen LogP contribution in [-0.4, -0.2) is 52.4 Å². The molecule has 0 spiro atoms. The fourth-order valence-corrected chi connectivity index (χ4v) is 4.22. The third kappa shape index (κ3) is 1.66. The Bertz CT molecular complexity index is 645. The van der Waals surface area contributed by atoms with Crippen molar-refractivity contribution in [3.63, 3.8) is 0 Å². The van der Waals surface area contributed by atoms with E-state index in [0.717, 1.165) is 0 Å². The van der Waals surface area contributed by atoms with E-state index in [-0.39, 0.29) is 24.9 Å². The van der Waals surface area contributed by atoms with Gasteiger partial charge in [-0.25, -0.2) is 15.0 Å². The van der Waals surface area contributed by atoms with Gasteiger partial charge >= 0.3 is 0 Å². The summed E-state index contributed by atoms with van der Waals surface area (Å²) in [5, 5.41) is 17.7. The minimum Gasteiger partial charge on any atom is -0.396 e. The van der Waals surface area contributed by atoms with Gasteiger partial charge in [-0.15, -0.1) is 0 Å². The molecule has 0 radical (unpaired) electrons. The van der Waals surface area contributed by atoms with Crippen molar-refractivity contribution in [3.8, 4) is 0 Å². The van der Waals surface area contributed by atoms with Crippen LogP contribution in [0.5, 0.6) is 0 Å². The van der Waals surface area contributed by atoms with Gasteiger partial charge in [0.25, 0.3) is 0 Å². The number of nitrogen functional groups attached to an aromatic ring is 1. The van der Waals surface area contributed by atoms with E-state index in [0.29, 0.717) is 11.2 Å². The van der Waals surface area contributed by atoms with Crippen molar-refractivity contribution in [1.29, 1.82) is 0 Å². The lowest BCUT2D eigenvalue weighted by atomic mass is 10.0. The molecule has 2 aromatic rings. The number of rotatable bonds is 3. The van der Waals surface area contributed by atoms with Gasteiger partial charge in [-0.2, -0.15) is 0 Å². The number of hydrogen-bond acceptors (Lipinski definition) is 7. The maximum atomic E-state index is 12.1. The molecule has 0 saturated carbocycles. The normalized spacial score (nSPS) is 30.4. The molecule has 0 amide bonds. The number of nitrogens with zero attached hydrogens (tertiary/aromatic N) is 4. The van der Waals surface area contributed by atoms with Gasteiger partial charge in [-0.05, 0) is 0 Å². The summed E-state index contributed by atoms with van der Waals surface area (Å²) in [6.45, 7) is -0.361. The van der Waals surface area contributed by atoms with Crippen molar-refractivity contribution in [1.82, 2.24) is 19.5 Å². The number of fused-ring (bicyclic) bond motifs is 1. The maximum Gasteiger partial charge on any atom is 0.166 e. The van der Waals surface area contributed by atoms with Crippen molar-refractivity contribution in [2.75, 3.05) is 18.9 Å². The predicted octanol–water partition coefficient (Wildman–Crippen LogP) is -1.36. The molecule has 102 valence electrons. The summed E-state index contributed by atoms with van der Waals surface area (Å²) in [5.41, 5.74) is 6.63. The molecule has 0 aromatic carbocycles. The topological polar surface area (TPSA) is 127 Å². The first-order valence-electron chi connectivity index (χ1n) is 5.73. The summed E-state index contributed by atoms with van der Waals surface area (Å²) in [7, 11) is -1.28. The third-order valence-electron chi connectivity index (χ3n) is 3.43. The highest BCUT2D eigenvalue weighted by Crippen LogP contribution is 2.41. The Morgan fingerprint density at radius 2 is 2.11 bits per heavy atom. The third-order valence-corrected chi connectivity index (χ3v) is 5.58. The minimum atomic E-state index is -1.28. The Morgan fingerprint density at radius 1 is 1.32 bits per heavy atom. The molecule has 3 rings (SSSR count). The molecule has 1 aliphatic rings. The zero-order chi connectivity index (χ0) is 13.6. The van der Waals surface area contributed by atoms with Crippen molar-refractivity contribution in [2.45, 2.75) is 10.6 Å². The quantitative estimate of drug-likeness (QED) is 0.634. The SMILES string of the molecule is Nc1ncnc2c1ncn2[C@H]1[C@@H](CO)C(CO)S1=O. The molecule has 0 bridgehead atoms. The molecular formula is C10H13N5O3S. The van der Waals surface area contributed by atoms with Crippen molar-refractivity contribution >= 4 is 27.8 Å². The fourth-order valence-electron chi connectivity index (χ4n) is 2.41. The first-order valence-corrected chi connectivity index (χ1v) is 7.00. The molecule has 0 aliphatic carbocycles. The van der Waals surface area contributed by atoms with Crippen LogP contribution in [0.2, 0.25) is 0 Å². The van der Waals surface area contributed by atoms with Gasteiger partial charge in [0.1, 0.15) is 17.2 Å². The van der Waals surface area contributed by atoms with Crippen LogP contribution < -0.4 is 5.73 Å². The lowest BCUT2D eigenvalue weighted by Gasteiger charge is -2.42. The van der Waals surface area contributed by atoms with E-state index in [4.69, 9.17) is 10.8 Å². The molecule has 2 aromatic heterocycles. The van der Waals surface area contributed by atoms with Crippen LogP contribution in [0.15, 0.2) is 12.7 Å². The van der Waals surface area contributed by atoms with Crippen LogP contribution in [0.25, 0.3) is 11.2 Å². The van der Waals surface area contributed by atoms with Gasteiger partial charge in [0.2, 0.25) is 0 Å². The van der Waals surface area contributed by atoms with Crippen LogP contribution in [-0.2, 0) is 10.8 Å². The number of anilines is 1. The Balaban J connectivity index is 2.06. The van der Waals surface area contributed by atoms with E-state index >= 15 is 0 Å². The minimum absolute atomic E-state index is 0.151. The molecule has 4 atom stereocenters. The molecule has 1 aliphatic heterocycles. The highest BCUT2D eigenvalue weighted by molar-refractivity contribution is 7.87. The number of aromatic nitrogens is 4. The van der Waals surface area contributed by atoms with Crippen LogP contribution in [0.3, 0.4) is 0 Å². The molecule has 1 fully saturated rings. The van der Waals surface area contributed by atoms with Crippen LogP contribution >= 0.6 is 0 Å². The van der Waals surface area contributed by atoms with E-state index in [1.165, 1.54) is 12.7 Å². The predicted molar refractivity (Wildman–Crippen MR) is 68.4 cm³/mol. The van der Waals surface area contributed by atoms with E-state index in [2.05, 4.69) is 15.0 Å². The molecule has 3 heterocycles. The zero-order valence-corrected chi connectivity index (χ0v) is 10.7. The second-order valence-corrected chi connectivity index (χ2v) is 6.12. The average Bonchev–Trinajstić information content (AvgIpc) is 2.81. The molecule has 19 heavy (non-hydrogen) atoms. The lowest BCUT2D eigenvalue weighted by Crippen LogP contribution is -2.51. The van der Waals surface area contributed by atoms with E-state index in [1.54, 1.807) is 4.57 Å². The van der Waals surface area contributed by atoms with Gasteiger partial charge in [-0.1, -0.05) is 0 Å². The highest BCUT2D eigenvalue weighted by Gasteiger charge is 2.49. The summed E-state index contributed by atoms with van der Waals surface area (Å²) >= 11 is 0. The summed E-state index contributed by atoms with van der Waals surface area (Å²) in [6.07, 6.45) is 2.81. The fraction of sp³-hybridized carbons (Fsp3) is 0.500. The van der Waals surface area contributed by atoms with Crippen LogP contribution in [0, 0.1) is 5.92 Å². The summed E-state index contributed by atoms with van der Waals surface area (Å²) < 4.78 is 13.7. The Kier molecular flexibility index (Phi) is 2.96. The molecule has 1 saturated heterocycles. The standard InChI is InChI=1S/C10H13N5O3S/c11-8-7-9(13-3-12-8)15(4-14-7)10-5(1-16)6(2-17)19(10)18/h3-6,10,16-17H,1-2H2,(H2,11,12,13)/t5-,6?,10+,19?/m0/s1. The summed E-state index contributed by atoms with van der Waals surface area (Å²) in [6, 6.07) is 0. The van der Waals surface area contributed by atoms with Gasteiger partial charge in [0, 0.05) is 5.92 Å². The van der Waals surface area contributed by atoms with Crippen molar-refractivity contribution < 1.29 is 14.4 Å². The molecule has 4 N–H and O–H groups in total. The molecule has 8 nitrogen and oxygen atoms in total.